The molecule has 16 heavy (non-hydrogen) atoms. The highest BCUT2D eigenvalue weighted by atomic mass is 16.5. The fraction of sp³-hybridized carbons (Fsp3) is 0.750. The Morgan fingerprint density at radius 3 is 2.94 bits per heavy atom. The van der Waals surface area contributed by atoms with Crippen LogP contribution in [-0.2, 0) is 9.53 Å². The van der Waals surface area contributed by atoms with Crippen molar-refractivity contribution in [3.8, 4) is 0 Å². The van der Waals surface area contributed by atoms with Gasteiger partial charge in [0, 0.05) is 26.2 Å². The van der Waals surface area contributed by atoms with Crippen molar-refractivity contribution >= 4 is 5.91 Å². The van der Waals surface area contributed by atoms with Crippen molar-refractivity contribution in [2.24, 2.45) is 11.7 Å². The molecule has 0 spiro atoms. The second kappa shape index (κ2) is 4.97. The van der Waals surface area contributed by atoms with E-state index in [1.807, 2.05) is 19.2 Å². The molecule has 1 amide bonds. The molecule has 3 atom stereocenters. The van der Waals surface area contributed by atoms with E-state index in [1.165, 1.54) is 0 Å². The smallest absolute Gasteiger partial charge is 0.229 e. The lowest BCUT2D eigenvalue weighted by Gasteiger charge is -2.23. The first-order chi connectivity index (χ1) is 7.66. The summed E-state index contributed by atoms with van der Waals surface area (Å²) in [5.74, 6) is 0.140. The molecule has 1 heterocycles. The second-order valence-electron chi connectivity index (χ2n) is 4.74. The van der Waals surface area contributed by atoms with Crippen LogP contribution < -0.4 is 5.73 Å². The van der Waals surface area contributed by atoms with Gasteiger partial charge in [0.1, 0.15) is 0 Å². The van der Waals surface area contributed by atoms with Crippen LogP contribution in [0, 0.1) is 5.92 Å². The summed E-state index contributed by atoms with van der Waals surface area (Å²) in [6, 6.07) is 0.0464. The average molecular weight is 224 g/mol. The summed E-state index contributed by atoms with van der Waals surface area (Å²) in [4.78, 5) is 13.8. The van der Waals surface area contributed by atoms with Gasteiger partial charge in [0.15, 0.2) is 0 Å². The maximum atomic E-state index is 12.0. The summed E-state index contributed by atoms with van der Waals surface area (Å²) in [7, 11) is 1.85. The third-order valence-corrected chi connectivity index (χ3v) is 3.31. The van der Waals surface area contributed by atoms with Crippen LogP contribution in [0.5, 0.6) is 0 Å². The number of likely N-dealkylation sites (N-methyl/N-ethyl adjacent to an activating group) is 1. The highest BCUT2D eigenvalue weighted by Gasteiger charge is 2.27. The second-order valence-corrected chi connectivity index (χ2v) is 4.74. The Morgan fingerprint density at radius 1 is 1.56 bits per heavy atom. The minimum absolute atomic E-state index is 0.0265. The predicted molar refractivity (Wildman–Crippen MR) is 61.8 cm³/mol. The van der Waals surface area contributed by atoms with E-state index in [1.54, 1.807) is 4.90 Å². The third kappa shape index (κ3) is 2.62. The Bertz CT molecular complexity index is 285. The van der Waals surface area contributed by atoms with Crippen molar-refractivity contribution in [1.29, 1.82) is 0 Å². The summed E-state index contributed by atoms with van der Waals surface area (Å²) in [6.07, 6.45) is 7.00. The summed E-state index contributed by atoms with van der Waals surface area (Å²) >= 11 is 0. The summed E-state index contributed by atoms with van der Waals surface area (Å²) in [5.41, 5.74) is 5.74. The van der Waals surface area contributed by atoms with Gasteiger partial charge in [-0.2, -0.15) is 0 Å². The molecule has 4 heteroatoms. The quantitative estimate of drug-likeness (QED) is 0.711. The molecule has 0 radical (unpaired) electrons. The van der Waals surface area contributed by atoms with Crippen molar-refractivity contribution < 1.29 is 9.53 Å². The van der Waals surface area contributed by atoms with Gasteiger partial charge in [-0.15, -0.1) is 0 Å². The molecule has 1 fully saturated rings. The third-order valence-electron chi connectivity index (χ3n) is 3.31. The van der Waals surface area contributed by atoms with Gasteiger partial charge in [0.05, 0.1) is 12.0 Å². The Balaban J connectivity index is 1.82. The number of carbonyl (C=O) groups is 1. The summed E-state index contributed by atoms with van der Waals surface area (Å²) in [6.45, 7) is 1.54. The van der Waals surface area contributed by atoms with E-state index in [-0.39, 0.29) is 24.0 Å². The zero-order valence-corrected chi connectivity index (χ0v) is 9.76. The largest absolute Gasteiger partial charge is 0.376 e. The van der Waals surface area contributed by atoms with E-state index in [0.717, 1.165) is 25.9 Å². The van der Waals surface area contributed by atoms with Gasteiger partial charge in [0.2, 0.25) is 5.91 Å². The van der Waals surface area contributed by atoms with Crippen LogP contribution in [0.3, 0.4) is 0 Å². The number of nitrogens with two attached hydrogens (primary N) is 1. The maximum absolute atomic E-state index is 12.0. The topological polar surface area (TPSA) is 55.6 Å². The van der Waals surface area contributed by atoms with Gasteiger partial charge in [0.25, 0.3) is 0 Å². The van der Waals surface area contributed by atoms with Crippen molar-refractivity contribution in [2.45, 2.75) is 31.4 Å². The van der Waals surface area contributed by atoms with Crippen LogP contribution in [0.25, 0.3) is 0 Å². The van der Waals surface area contributed by atoms with Gasteiger partial charge in [-0.3, -0.25) is 4.79 Å². The molecule has 3 unspecified atom stereocenters. The highest BCUT2D eigenvalue weighted by molar-refractivity contribution is 5.81. The SMILES string of the molecule is CN(CC1CCCO1)C(=O)C1C=CC(N)C1. The molecule has 0 aromatic carbocycles. The number of amides is 1. The molecule has 90 valence electrons. The normalized spacial score (nSPS) is 33.2. The Kier molecular flexibility index (Phi) is 3.61. The van der Waals surface area contributed by atoms with Crippen LogP contribution >= 0.6 is 0 Å². The van der Waals surface area contributed by atoms with Crippen molar-refractivity contribution in [1.82, 2.24) is 4.90 Å². The van der Waals surface area contributed by atoms with Gasteiger partial charge in [-0.1, -0.05) is 12.2 Å². The van der Waals surface area contributed by atoms with Gasteiger partial charge >= 0.3 is 0 Å². The first-order valence-electron chi connectivity index (χ1n) is 5.97. The summed E-state index contributed by atoms with van der Waals surface area (Å²) < 4.78 is 5.52. The Hall–Kier alpha value is -0.870. The lowest BCUT2D eigenvalue weighted by Crippen LogP contribution is -2.37. The van der Waals surface area contributed by atoms with Crippen LogP contribution in [0.4, 0.5) is 0 Å². The molecule has 2 N–H and O–H groups in total. The number of carbonyl (C=O) groups excluding carboxylic acids is 1. The Morgan fingerprint density at radius 2 is 2.38 bits per heavy atom. The number of rotatable bonds is 3. The molecule has 0 saturated carbocycles. The monoisotopic (exact) mass is 224 g/mol. The molecule has 0 aromatic rings. The molecular formula is C12H20N2O2. The van der Waals surface area contributed by atoms with Crippen LogP contribution in [0.2, 0.25) is 0 Å². The molecule has 1 aliphatic heterocycles. The van der Waals surface area contributed by atoms with Crippen molar-refractivity contribution in [2.75, 3.05) is 20.2 Å². The van der Waals surface area contributed by atoms with Crippen molar-refractivity contribution in [3.63, 3.8) is 0 Å². The highest BCUT2D eigenvalue weighted by Crippen LogP contribution is 2.20. The number of ether oxygens (including phenoxy) is 1. The zero-order valence-electron chi connectivity index (χ0n) is 9.76. The predicted octanol–water partition coefficient (Wildman–Crippen LogP) is 0.527. The lowest BCUT2D eigenvalue weighted by atomic mass is 10.1. The number of hydrogen-bond donors (Lipinski definition) is 1. The fourth-order valence-corrected chi connectivity index (χ4v) is 2.38. The molecule has 0 aromatic heterocycles. The molecular weight excluding hydrogens is 204 g/mol. The van der Waals surface area contributed by atoms with Crippen LogP contribution in [-0.4, -0.2) is 43.2 Å². The maximum Gasteiger partial charge on any atom is 0.229 e. The average Bonchev–Trinajstić information content (AvgIpc) is 2.88. The van der Waals surface area contributed by atoms with E-state index in [9.17, 15) is 4.79 Å². The summed E-state index contributed by atoms with van der Waals surface area (Å²) in [5, 5.41) is 0. The minimum atomic E-state index is -0.0265. The molecule has 0 bridgehead atoms. The number of nitrogens with zero attached hydrogens (tertiary/aromatic N) is 1. The lowest BCUT2D eigenvalue weighted by molar-refractivity contribution is -0.134. The number of hydrogen-bond acceptors (Lipinski definition) is 3. The first kappa shape index (κ1) is 11.6. The van der Waals surface area contributed by atoms with E-state index >= 15 is 0 Å². The minimum Gasteiger partial charge on any atom is -0.376 e. The standard InChI is InChI=1S/C12H20N2O2/c1-14(8-11-3-2-6-16-11)12(15)9-4-5-10(13)7-9/h4-5,9-11H,2-3,6-8,13H2,1H3. The van der Waals surface area contributed by atoms with E-state index in [4.69, 9.17) is 10.5 Å². The van der Waals surface area contributed by atoms with E-state index in [2.05, 4.69) is 0 Å². The van der Waals surface area contributed by atoms with Crippen LogP contribution in [0.1, 0.15) is 19.3 Å². The molecule has 4 nitrogen and oxygen atoms in total. The Labute approximate surface area is 96.4 Å². The fourth-order valence-electron chi connectivity index (χ4n) is 2.38. The molecule has 1 saturated heterocycles. The van der Waals surface area contributed by atoms with E-state index in [0.29, 0.717) is 6.54 Å². The van der Waals surface area contributed by atoms with Crippen molar-refractivity contribution in [3.05, 3.63) is 12.2 Å². The molecule has 2 rings (SSSR count). The zero-order chi connectivity index (χ0) is 11.5. The van der Waals surface area contributed by atoms with Gasteiger partial charge in [-0.05, 0) is 19.3 Å². The van der Waals surface area contributed by atoms with Gasteiger partial charge in [-0.25, -0.2) is 0 Å². The van der Waals surface area contributed by atoms with Crippen LogP contribution in [0.15, 0.2) is 12.2 Å². The van der Waals surface area contributed by atoms with Gasteiger partial charge < -0.3 is 15.4 Å². The molecule has 1 aliphatic carbocycles. The molecule has 2 aliphatic rings. The first-order valence-corrected chi connectivity index (χ1v) is 5.97. The van der Waals surface area contributed by atoms with E-state index < -0.39 is 0 Å².